The average molecular weight is 218 g/mol. The lowest BCUT2D eigenvalue weighted by atomic mass is 10.1. The third kappa shape index (κ3) is 1.82. The van der Waals surface area contributed by atoms with Crippen LogP contribution in [-0.4, -0.2) is 12.1 Å². The first-order valence-corrected chi connectivity index (χ1v) is 4.77. The Hall–Kier alpha value is -2.10. The molecule has 0 amide bonds. The van der Waals surface area contributed by atoms with E-state index in [1.165, 1.54) is 13.2 Å². The van der Waals surface area contributed by atoms with Gasteiger partial charge in [0.1, 0.15) is 17.3 Å². The predicted molar refractivity (Wildman–Crippen MR) is 60.6 cm³/mol. The molecule has 82 valence electrons. The Bertz CT molecular complexity index is 514. The number of hydrogen-bond donors (Lipinski definition) is 1. The van der Waals surface area contributed by atoms with Crippen molar-refractivity contribution >= 4 is 5.69 Å². The van der Waals surface area contributed by atoms with Crippen molar-refractivity contribution in [2.24, 2.45) is 0 Å². The first kappa shape index (κ1) is 10.4. The molecule has 4 heteroatoms. The lowest BCUT2D eigenvalue weighted by Gasteiger charge is -2.08. The highest BCUT2D eigenvalue weighted by atomic mass is 19.1. The molecule has 0 aliphatic heterocycles. The zero-order chi connectivity index (χ0) is 11.5. The standard InChI is InChI=1S/C12H11FN2O/c1-16-11-3-2-6-15-12(11)9-5-4-8(14)7-10(9)13/h2-7H,14H2,1H3. The molecule has 1 aromatic heterocycles. The van der Waals surface area contributed by atoms with Crippen molar-refractivity contribution in [2.45, 2.75) is 0 Å². The summed E-state index contributed by atoms with van der Waals surface area (Å²) in [4.78, 5) is 4.10. The van der Waals surface area contributed by atoms with E-state index in [2.05, 4.69) is 4.98 Å². The molecule has 16 heavy (non-hydrogen) atoms. The van der Waals surface area contributed by atoms with Gasteiger partial charge in [-0.1, -0.05) is 0 Å². The van der Waals surface area contributed by atoms with Crippen LogP contribution in [0, 0.1) is 5.82 Å². The first-order chi connectivity index (χ1) is 7.72. The van der Waals surface area contributed by atoms with Crippen LogP contribution in [0.15, 0.2) is 36.5 Å². The van der Waals surface area contributed by atoms with Crippen LogP contribution in [0.4, 0.5) is 10.1 Å². The maximum atomic E-state index is 13.7. The molecular formula is C12H11FN2O. The second-order valence-corrected chi connectivity index (χ2v) is 3.29. The van der Waals surface area contributed by atoms with E-state index in [4.69, 9.17) is 10.5 Å². The van der Waals surface area contributed by atoms with Gasteiger partial charge in [-0.15, -0.1) is 0 Å². The zero-order valence-electron chi connectivity index (χ0n) is 8.77. The highest BCUT2D eigenvalue weighted by Crippen LogP contribution is 2.29. The Labute approximate surface area is 92.7 Å². The Balaban J connectivity index is 2.58. The van der Waals surface area contributed by atoms with Crippen LogP contribution in [0.2, 0.25) is 0 Å². The van der Waals surface area contributed by atoms with Gasteiger partial charge >= 0.3 is 0 Å². The summed E-state index contributed by atoms with van der Waals surface area (Å²) < 4.78 is 18.8. The molecule has 0 atom stereocenters. The van der Waals surface area contributed by atoms with Crippen LogP contribution >= 0.6 is 0 Å². The molecule has 3 nitrogen and oxygen atoms in total. The number of nitrogens with zero attached hydrogens (tertiary/aromatic N) is 1. The number of nitrogen functional groups attached to an aromatic ring is 1. The topological polar surface area (TPSA) is 48.1 Å². The highest BCUT2D eigenvalue weighted by Gasteiger charge is 2.11. The Morgan fingerprint density at radius 2 is 2.12 bits per heavy atom. The monoisotopic (exact) mass is 218 g/mol. The number of halogens is 1. The van der Waals surface area contributed by atoms with Gasteiger partial charge in [-0.05, 0) is 30.3 Å². The summed E-state index contributed by atoms with van der Waals surface area (Å²) in [7, 11) is 1.52. The number of methoxy groups -OCH3 is 1. The number of nitrogens with two attached hydrogens (primary N) is 1. The van der Waals surface area contributed by atoms with Crippen LogP contribution in [-0.2, 0) is 0 Å². The largest absolute Gasteiger partial charge is 0.494 e. The summed E-state index contributed by atoms with van der Waals surface area (Å²) in [5.74, 6) is 0.128. The van der Waals surface area contributed by atoms with Crippen molar-refractivity contribution < 1.29 is 9.13 Å². The molecule has 1 heterocycles. The van der Waals surface area contributed by atoms with Crippen LogP contribution in [0.1, 0.15) is 0 Å². The van der Waals surface area contributed by atoms with E-state index in [9.17, 15) is 4.39 Å². The smallest absolute Gasteiger partial charge is 0.145 e. The molecule has 2 aromatic rings. The minimum absolute atomic E-state index is 0.381. The van der Waals surface area contributed by atoms with Crippen LogP contribution < -0.4 is 10.5 Å². The quantitative estimate of drug-likeness (QED) is 0.788. The number of pyridine rings is 1. The number of benzene rings is 1. The van der Waals surface area contributed by atoms with E-state index in [1.807, 2.05) is 0 Å². The van der Waals surface area contributed by atoms with Crippen molar-refractivity contribution in [1.82, 2.24) is 4.98 Å². The minimum atomic E-state index is -0.406. The van der Waals surface area contributed by atoms with Crippen LogP contribution in [0.25, 0.3) is 11.3 Å². The zero-order valence-corrected chi connectivity index (χ0v) is 8.77. The number of rotatable bonds is 2. The lowest BCUT2D eigenvalue weighted by Crippen LogP contribution is -1.94. The summed E-state index contributed by atoms with van der Waals surface area (Å²) in [6.45, 7) is 0. The lowest BCUT2D eigenvalue weighted by molar-refractivity contribution is 0.414. The van der Waals surface area contributed by atoms with Crippen molar-refractivity contribution in [3.63, 3.8) is 0 Å². The average Bonchev–Trinajstić information content (AvgIpc) is 2.29. The van der Waals surface area contributed by atoms with E-state index >= 15 is 0 Å². The van der Waals surface area contributed by atoms with E-state index < -0.39 is 5.82 Å². The Kier molecular flexibility index (Phi) is 2.72. The number of anilines is 1. The molecule has 0 aliphatic rings. The van der Waals surface area contributed by atoms with Crippen molar-refractivity contribution in [2.75, 3.05) is 12.8 Å². The van der Waals surface area contributed by atoms with Gasteiger partial charge in [-0.3, -0.25) is 4.98 Å². The van der Waals surface area contributed by atoms with Gasteiger partial charge < -0.3 is 10.5 Å². The van der Waals surface area contributed by atoms with Crippen molar-refractivity contribution in [3.8, 4) is 17.0 Å². The molecule has 0 radical (unpaired) electrons. The minimum Gasteiger partial charge on any atom is -0.494 e. The summed E-state index contributed by atoms with van der Waals surface area (Å²) in [6.07, 6.45) is 1.59. The number of hydrogen-bond acceptors (Lipinski definition) is 3. The second-order valence-electron chi connectivity index (χ2n) is 3.29. The van der Waals surface area contributed by atoms with Gasteiger partial charge in [0.2, 0.25) is 0 Å². The third-order valence-electron chi connectivity index (χ3n) is 2.24. The third-order valence-corrected chi connectivity index (χ3v) is 2.24. The van der Waals surface area contributed by atoms with Gasteiger partial charge in [0.15, 0.2) is 0 Å². The van der Waals surface area contributed by atoms with E-state index in [0.717, 1.165) is 0 Å². The summed E-state index contributed by atoms with van der Waals surface area (Å²) in [5.41, 5.74) is 6.73. The van der Waals surface area contributed by atoms with E-state index in [1.54, 1.807) is 30.5 Å². The molecule has 2 N–H and O–H groups in total. The fourth-order valence-corrected chi connectivity index (χ4v) is 1.48. The maximum absolute atomic E-state index is 13.7. The molecule has 0 spiro atoms. The van der Waals surface area contributed by atoms with Gasteiger partial charge in [0, 0.05) is 17.4 Å². The second kappa shape index (κ2) is 4.18. The van der Waals surface area contributed by atoms with Crippen LogP contribution in [0.5, 0.6) is 5.75 Å². The fraction of sp³-hybridized carbons (Fsp3) is 0.0833. The highest BCUT2D eigenvalue weighted by molar-refractivity contribution is 5.68. The molecule has 0 unspecified atom stereocenters. The normalized spacial score (nSPS) is 10.1. The SMILES string of the molecule is COc1cccnc1-c1ccc(N)cc1F. The van der Waals surface area contributed by atoms with E-state index in [-0.39, 0.29) is 0 Å². The summed E-state index contributed by atoms with van der Waals surface area (Å²) >= 11 is 0. The van der Waals surface area contributed by atoms with Gasteiger partial charge in [0.25, 0.3) is 0 Å². The molecule has 1 aromatic carbocycles. The molecule has 0 saturated carbocycles. The predicted octanol–water partition coefficient (Wildman–Crippen LogP) is 2.48. The molecule has 0 saturated heterocycles. The number of ether oxygens (including phenoxy) is 1. The van der Waals surface area contributed by atoms with Gasteiger partial charge in [-0.2, -0.15) is 0 Å². The Morgan fingerprint density at radius 1 is 1.31 bits per heavy atom. The molecule has 2 rings (SSSR count). The summed E-state index contributed by atoms with van der Waals surface area (Å²) in [6, 6.07) is 7.96. The number of aromatic nitrogens is 1. The maximum Gasteiger partial charge on any atom is 0.145 e. The molecule has 0 bridgehead atoms. The van der Waals surface area contributed by atoms with Crippen molar-refractivity contribution in [1.29, 1.82) is 0 Å². The van der Waals surface area contributed by atoms with E-state index in [0.29, 0.717) is 22.7 Å². The van der Waals surface area contributed by atoms with Gasteiger partial charge in [0.05, 0.1) is 7.11 Å². The molecule has 0 fully saturated rings. The van der Waals surface area contributed by atoms with Gasteiger partial charge in [-0.25, -0.2) is 4.39 Å². The Morgan fingerprint density at radius 3 is 2.81 bits per heavy atom. The van der Waals surface area contributed by atoms with Crippen molar-refractivity contribution in [3.05, 3.63) is 42.3 Å². The summed E-state index contributed by atoms with van der Waals surface area (Å²) in [5, 5.41) is 0. The van der Waals surface area contributed by atoms with Crippen LogP contribution in [0.3, 0.4) is 0 Å². The first-order valence-electron chi connectivity index (χ1n) is 4.77. The molecular weight excluding hydrogens is 207 g/mol. The fourth-order valence-electron chi connectivity index (χ4n) is 1.48. The molecule has 0 aliphatic carbocycles.